The lowest BCUT2D eigenvalue weighted by molar-refractivity contribution is -0.139. The van der Waals surface area contributed by atoms with Crippen molar-refractivity contribution < 1.29 is 15.0 Å². The zero-order valence-corrected chi connectivity index (χ0v) is 7.40. The summed E-state index contributed by atoms with van der Waals surface area (Å²) in [4.78, 5) is 12.5. The standard InChI is InChI=1S/C8H15NO3/c1-5-3-9(6(2)10)4-7(11)8(5)12/h5,7-8,11-12H,3-4H2,1-2H3. The maximum absolute atomic E-state index is 10.9. The van der Waals surface area contributed by atoms with Gasteiger partial charge in [0.1, 0.15) is 0 Å². The molecule has 12 heavy (non-hydrogen) atoms. The summed E-state index contributed by atoms with van der Waals surface area (Å²) in [5, 5.41) is 18.7. The second-order valence-electron chi connectivity index (χ2n) is 3.46. The van der Waals surface area contributed by atoms with Crippen LogP contribution in [0.4, 0.5) is 0 Å². The highest BCUT2D eigenvalue weighted by atomic mass is 16.3. The number of β-amino-alcohol motifs (C(OH)–C–C–N with tert-alkyl or cyclic N) is 1. The minimum atomic E-state index is -0.794. The van der Waals surface area contributed by atoms with Crippen LogP contribution in [-0.2, 0) is 4.79 Å². The van der Waals surface area contributed by atoms with Crippen molar-refractivity contribution in [1.29, 1.82) is 0 Å². The zero-order valence-electron chi connectivity index (χ0n) is 7.40. The summed E-state index contributed by atoms with van der Waals surface area (Å²) in [6.07, 6.45) is -1.49. The second-order valence-corrected chi connectivity index (χ2v) is 3.46. The number of likely N-dealkylation sites (tertiary alicyclic amines) is 1. The van der Waals surface area contributed by atoms with Gasteiger partial charge in [-0.05, 0) is 0 Å². The first-order chi connectivity index (χ1) is 5.52. The highest BCUT2D eigenvalue weighted by Crippen LogP contribution is 2.16. The van der Waals surface area contributed by atoms with Crippen LogP contribution in [0, 0.1) is 5.92 Å². The highest BCUT2D eigenvalue weighted by molar-refractivity contribution is 5.73. The van der Waals surface area contributed by atoms with Crippen LogP contribution >= 0.6 is 0 Å². The van der Waals surface area contributed by atoms with Crippen LogP contribution in [0.3, 0.4) is 0 Å². The van der Waals surface area contributed by atoms with E-state index in [2.05, 4.69) is 0 Å². The lowest BCUT2D eigenvalue weighted by Crippen LogP contribution is -2.52. The van der Waals surface area contributed by atoms with Crippen LogP contribution in [0.5, 0.6) is 0 Å². The van der Waals surface area contributed by atoms with Gasteiger partial charge in [0, 0.05) is 25.9 Å². The van der Waals surface area contributed by atoms with E-state index in [-0.39, 0.29) is 18.4 Å². The maximum atomic E-state index is 10.9. The van der Waals surface area contributed by atoms with E-state index in [1.807, 2.05) is 6.92 Å². The SMILES string of the molecule is CC(=O)N1CC(C)C(O)C(O)C1. The molecule has 1 amide bonds. The number of aliphatic hydroxyl groups excluding tert-OH is 2. The second kappa shape index (κ2) is 3.41. The highest BCUT2D eigenvalue weighted by Gasteiger charge is 2.32. The number of nitrogens with zero attached hydrogens (tertiary/aromatic N) is 1. The predicted octanol–water partition coefficient (Wildman–Crippen LogP) is -0.794. The van der Waals surface area contributed by atoms with Gasteiger partial charge in [-0.3, -0.25) is 4.79 Å². The van der Waals surface area contributed by atoms with Crippen molar-refractivity contribution in [2.24, 2.45) is 5.92 Å². The van der Waals surface area contributed by atoms with Crippen molar-refractivity contribution in [1.82, 2.24) is 4.90 Å². The minimum Gasteiger partial charge on any atom is -0.390 e. The van der Waals surface area contributed by atoms with E-state index in [4.69, 9.17) is 0 Å². The van der Waals surface area contributed by atoms with Crippen molar-refractivity contribution in [2.45, 2.75) is 26.1 Å². The molecule has 0 saturated carbocycles. The van der Waals surface area contributed by atoms with Crippen LogP contribution in [0.1, 0.15) is 13.8 Å². The summed E-state index contributed by atoms with van der Waals surface area (Å²) in [7, 11) is 0. The summed E-state index contributed by atoms with van der Waals surface area (Å²) in [6, 6.07) is 0. The molecule has 0 spiro atoms. The molecule has 0 radical (unpaired) electrons. The fourth-order valence-electron chi connectivity index (χ4n) is 1.50. The molecule has 1 saturated heterocycles. The number of hydrogen-bond donors (Lipinski definition) is 2. The minimum absolute atomic E-state index is 0.0438. The number of aliphatic hydroxyl groups is 2. The Kier molecular flexibility index (Phi) is 2.69. The molecule has 1 fully saturated rings. The third kappa shape index (κ3) is 1.76. The summed E-state index contributed by atoms with van der Waals surface area (Å²) in [5.41, 5.74) is 0. The van der Waals surface area contributed by atoms with Gasteiger partial charge in [-0.1, -0.05) is 6.92 Å². The Bertz CT molecular complexity index is 171. The average molecular weight is 173 g/mol. The Labute approximate surface area is 71.8 Å². The smallest absolute Gasteiger partial charge is 0.219 e. The monoisotopic (exact) mass is 173 g/mol. The number of rotatable bonds is 0. The molecular weight excluding hydrogens is 158 g/mol. The molecular formula is C8H15NO3. The molecule has 3 atom stereocenters. The number of carbonyl (C=O) groups excluding carboxylic acids is 1. The Hall–Kier alpha value is -0.610. The van der Waals surface area contributed by atoms with Crippen LogP contribution in [0.25, 0.3) is 0 Å². The zero-order chi connectivity index (χ0) is 9.30. The van der Waals surface area contributed by atoms with E-state index in [9.17, 15) is 15.0 Å². The molecule has 1 aliphatic heterocycles. The van der Waals surface area contributed by atoms with Gasteiger partial charge in [0.25, 0.3) is 0 Å². The van der Waals surface area contributed by atoms with Crippen LogP contribution in [0.2, 0.25) is 0 Å². The average Bonchev–Trinajstić information content (AvgIpc) is 1.99. The van der Waals surface area contributed by atoms with Crippen LogP contribution in [0.15, 0.2) is 0 Å². The fraction of sp³-hybridized carbons (Fsp3) is 0.875. The molecule has 0 aliphatic carbocycles. The number of piperidine rings is 1. The Morgan fingerprint density at radius 2 is 2.00 bits per heavy atom. The van der Waals surface area contributed by atoms with Crippen molar-refractivity contribution in [3.8, 4) is 0 Å². The number of carbonyl (C=O) groups is 1. The number of hydrogen-bond acceptors (Lipinski definition) is 3. The van der Waals surface area contributed by atoms with Gasteiger partial charge < -0.3 is 15.1 Å². The van der Waals surface area contributed by atoms with Crippen molar-refractivity contribution >= 4 is 5.91 Å². The van der Waals surface area contributed by atoms with Gasteiger partial charge in [-0.25, -0.2) is 0 Å². The van der Waals surface area contributed by atoms with E-state index in [1.54, 1.807) is 4.90 Å². The van der Waals surface area contributed by atoms with E-state index < -0.39 is 12.2 Å². The Morgan fingerprint density at radius 1 is 1.42 bits per heavy atom. The molecule has 0 bridgehead atoms. The largest absolute Gasteiger partial charge is 0.390 e. The van der Waals surface area contributed by atoms with Gasteiger partial charge in [-0.2, -0.15) is 0 Å². The van der Waals surface area contributed by atoms with E-state index in [1.165, 1.54) is 6.92 Å². The van der Waals surface area contributed by atoms with E-state index in [0.717, 1.165) is 0 Å². The fourth-order valence-corrected chi connectivity index (χ4v) is 1.50. The molecule has 1 heterocycles. The molecule has 4 heteroatoms. The summed E-state index contributed by atoms with van der Waals surface area (Å²) < 4.78 is 0. The number of amides is 1. The summed E-state index contributed by atoms with van der Waals surface area (Å²) >= 11 is 0. The lowest BCUT2D eigenvalue weighted by atomic mass is 9.94. The first-order valence-electron chi connectivity index (χ1n) is 4.14. The van der Waals surface area contributed by atoms with E-state index in [0.29, 0.717) is 6.54 Å². The topological polar surface area (TPSA) is 60.8 Å². The molecule has 4 nitrogen and oxygen atoms in total. The quantitative estimate of drug-likeness (QED) is 0.504. The van der Waals surface area contributed by atoms with Gasteiger partial charge >= 0.3 is 0 Å². The van der Waals surface area contributed by atoms with Gasteiger partial charge in [-0.15, -0.1) is 0 Å². The molecule has 0 aromatic heterocycles. The van der Waals surface area contributed by atoms with Crippen LogP contribution < -0.4 is 0 Å². The third-order valence-electron chi connectivity index (χ3n) is 2.34. The van der Waals surface area contributed by atoms with Gasteiger partial charge in [0.2, 0.25) is 5.91 Å². The molecule has 70 valence electrons. The van der Waals surface area contributed by atoms with Crippen molar-refractivity contribution in [3.63, 3.8) is 0 Å². The van der Waals surface area contributed by atoms with E-state index >= 15 is 0 Å². The first kappa shape index (κ1) is 9.48. The predicted molar refractivity (Wildman–Crippen MR) is 43.4 cm³/mol. The Morgan fingerprint density at radius 3 is 2.42 bits per heavy atom. The van der Waals surface area contributed by atoms with Crippen LogP contribution in [-0.4, -0.2) is 46.3 Å². The third-order valence-corrected chi connectivity index (χ3v) is 2.34. The Balaban J connectivity index is 2.59. The normalized spacial score (nSPS) is 36.7. The van der Waals surface area contributed by atoms with Crippen molar-refractivity contribution in [2.75, 3.05) is 13.1 Å². The molecule has 3 unspecified atom stereocenters. The molecule has 2 N–H and O–H groups in total. The lowest BCUT2D eigenvalue weighted by Gasteiger charge is -2.37. The van der Waals surface area contributed by atoms with Crippen molar-refractivity contribution in [3.05, 3.63) is 0 Å². The molecule has 0 aromatic carbocycles. The van der Waals surface area contributed by atoms with Gasteiger partial charge in [0.05, 0.1) is 12.2 Å². The maximum Gasteiger partial charge on any atom is 0.219 e. The first-order valence-corrected chi connectivity index (χ1v) is 4.14. The molecule has 0 aromatic rings. The molecule has 1 aliphatic rings. The molecule has 1 rings (SSSR count). The van der Waals surface area contributed by atoms with Gasteiger partial charge in [0.15, 0.2) is 0 Å². The summed E-state index contributed by atoms with van der Waals surface area (Å²) in [5.74, 6) is -0.0922. The summed E-state index contributed by atoms with van der Waals surface area (Å²) in [6.45, 7) is 4.08.